The highest BCUT2D eigenvalue weighted by Crippen LogP contribution is 2.44. The van der Waals surface area contributed by atoms with E-state index in [0.717, 1.165) is 49.2 Å². The Kier molecular flexibility index (Phi) is 5.07. The Morgan fingerprint density at radius 2 is 0.892 bits per heavy atom. The summed E-state index contributed by atoms with van der Waals surface area (Å²) in [5.41, 5.74) is 4.79. The van der Waals surface area contributed by atoms with Crippen LogP contribution in [0.2, 0.25) is 0 Å². The predicted molar refractivity (Wildman–Crippen MR) is 157 cm³/mol. The van der Waals surface area contributed by atoms with Crippen molar-refractivity contribution in [1.29, 1.82) is 0 Å². The molecule has 0 bridgehead atoms. The van der Waals surface area contributed by atoms with Gasteiger partial charge in [0.1, 0.15) is 0 Å². The third kappa shape index (κ3) is 3.52. The number of benzene rings is 7. The van der Waals surface area contributed by atoms with E-state index in [9.17, 15) is 10.0 Å². The molecule has 0 aromatic heterocycles. The molecule has 37 heavy (non-hydrogen) atoms. The van der Waals surface area contributed by atoms with Crippen LogP contribution < -0.4 is 5.46 Å². The number of hydrogen-bond donors (Lipinski definition) is 2. The average molecular weight is 474 g/mol. The highest BCUT2D eigenvalue weighted by atomic mass is 16.4. The van der Waals surface area contributed by atoms with Crippen LogP contribution in [0.1, 0.15) is 0 Å². The predicted octanol–water partition coefficient (Wildman–Crippen LogP) is 7.31. The smallest absolute Gasteiger partial charge is 0.423 e. The lowest BCUT2D eigenvalue weighted by molar-refractivity contribution is 0.426. The summed E-state index contributed by atoms with van der Waals surface area (Å²) in [6, 6.07) is 44.0. The van der Waals surface area contributed by atoms with Crippen LogP contribution in [0.25, 0.3) is 65.3 Å². The second-order valence-corrected chi connectivity index (χ2v) is 9.56. The van der Waals surface area contributed by atoms with E-state index in [2.05, 4.69) is 103 Å². The molecule has 0 aliphatic heterocycles. The summed E-state index contributed by atoms with van der Waals surface area (Å²) in [6.45, 7) is 0. The zero-order chi connectivity index (χ0) is 24.9. The molecule has 2 N–H and O–H groups in total. The van der Waals surface area contributed by atoms with Crippen LogP contribution in [-0.2, 0) is 0 Å². The first kappa shape index (κ1) is 21.8. The van der Waals surface area contributed by atoms with Crippen molar-refractivity contribution < 1.29 is 10.0 Å². The van der Waals surface area contributed by atoms with Crippen molar-refractivity contribution in [3.05, 3.63) is 127 Å². The maximum Gasteiger partial charge on any atom is 0.489 e. The van der Waals surface area contributed by atoms with Crippen LogP contribution in [0.3, 0.4) is 0 Å². The lowest BCUT2D eigenvalue weighted by Gasteiger charge is -2.20. The monoisotopic (exact) mass is 474 g/mol. The van der Waals surface area contributed by atoms with Crippen molar-refractivity contribution in [2.24, 2.45) is 0 Å². The molecular weight excluding hydrogens is 451 g/mol. The van der Waals surface area contributed by atoms with Gasteiger partial charge in [-0.05, 0) is 82.9 Å². The van der Waals surface area contributed by atoms with Gasteiger partial charge in [-0.15, -0.1) is 0 Å². The summed E-state index contributed by atoms with van der Waals surface area (Å²) in [5, 5.41) is 29.8. The van der Waals surface area contributed by atoms with Crippen molar-refractivity contribution in [2.75, 3.05) is 0 Å². The fourth-order valence-electron chi connectivity index (χ4n) is 5.77. The molecule has 0 fully saturated rings. The van der Waals surface area contributed by atoms with E-state index < -0.39 is 7.12 Å². The maximum absolute atomic E-state index is 10.5. The normalized spacial score (nSPS) is 11.5. The van der Waals surface area contributed by atoms with Gasteiger partial charge in [0.05, 0.1) is 0 Å². The molecule has 7 rings (SSSR count). The van der Waals surface area contributed by atoms with E-state index >= 15 is 0 Å². The van der Waals surface area contributed by atoms with E-state index in [1.54, 1.807) is 0 Å². The molecule has 3 heteroatoms. The van der Waals surface area contributed by atoms with E-state index in [-0.39, 0.29) is 0 Å². The molecule has 0 aliphatic rings. The molecule has 0 atom stereocenters. The van der Waals surface area contributed by atoms with Crippen molar-refractivity contribution in [2.45, 2.75) is 0 Å². The Morgan fingerprint density at radius 3 is 1.49 bits per heavy atom. The fourth-order valence-corrected chi connectivity index (χ4v) is 5.77. The summed E-state index contributed by atoms with van der Waals surface area (Å²) in [4.78, 5) is 0. The van der Waals surface area contributed by atoms with Crippen LogP contribution in [-0.4, -0.2) is 17.2 Å². The van der Waals surface area contributed by atoms with Crippen LogP contribution in [0.15, 0.2) is 127 Å². The van der Waals surface area contributed by atoms with Crippen LogP contribution >= 0.6 is 0 Å². The van der Waals surface area contributed by atoms with Gasteiger partial charge in [-0.25, -0.2) is 0 Å². The lowest BCUT2D eigenvalue weighted by atomic mass is 9.73. The molecular formula is C34H23BO2. The van der Waals surface area contributed by atoms with E-state index in [1.165, 1.54) is 16.2 Å². The number of hydrogen-bond acceptors (Lipinski definition) is 2. The molecule has 0 saturated heterocycles. The van der Waals surface area contributed by atoms with Crippen molar-refractivity contribution >= 4 is 55.7 Å². The van der Waals surface area contributed by atoms with Gasteiger partial charge in [-0.1, -0.05) is 115 Å². The second-order valence-electron chi connectivity index (χ2n) is 9.56. The van der Waals surface area contributed by atoms with Crippen LogP contribution in [0.4, 0.5) is 0 Å². The van der Waals surface area contributed by atoms with E-state index in [0.29, 0.717) is 5.46 Å². The van der Waals surface area contributed by atoms with Crippen molar-refractivity contribution in [1.82, 2.24) is 0 Å². The Balaban J connectivity index is 1.66. The van der Waals surface area contributed by atoms with Gasteiger partial charge < -0.3 is 10.0 Å². The van der Waals surface area contributed by atoms with Gasteiger partial charge in [-0.3, -0.25) is 0 Å². The van der Waals surface area contributed by atoms with Gasteiger partial charge in [0.15, 0.2) is 0 Å². The van der Waals surface area contributed by atoms with Crippen molar-refractivity contribution in [3.63, 3.8) is 0 Å². The molecule has 0 aliphatic carbocycles. The van der Waals surface area contributed by atoms with Crippen LogP contribution in [0.5, 0.6) is 0 Å². The Morgan fingerprint density at radius 1 is 0.405 bits per heavy atom. The minimum absolute atomic E-state index is 0.508. The number of rotatable bonds is 3. The average Bonchev–Trinajstić information content (AvgIpc) is 2.95. The molecule has 7 aromatic rings. The van der Waals surface area contributed by atoms with E-state index in [4.69, 9.17) is 0 Å². The summed E-state index contributed by atoms with van der Waals surface area (Å²) in [7, 11) is -1.59. The summed E-state index contributed by atoms with van der Waals surface area (Å²) in [6.07, 6.45) is 0. The SMILES string of the molecule is OB(O)c1cccc2c(-c3ccc4ccccc4c3)c3ccccc3c(-c3ccc4ccccc4c3)c12. The third-order valence-corrected chi connectivity index (χ3v) is 7.44. The fraction of sp³-hybridized carbons (Fsp3) is 0. The molecule has 0 amide bonds. The Hall–Kier alpha value is -4.44. The largest absolute Gasteiger partial charge is 0.489 e. The molecule has 2 nitrogen and oxygen atoms in total. The minimum atomic E-state index is -1.59. The van der Waals surface area contributed by atoms with Gasteiger partial charge in [-0.2, -0.15) is 0 Å². The van der Waals surface area contributed by atoms with E-state index in [1.807, 2.05) is 24.3 Å². The maximum atomic E-state index is 10.5. The first-order valence-electron chi connectivity index (χ1n) is 12.5. The standard InChI is InChI=1S/C34H23BO2/c36-35(37)31-15-7-14-30-32(26-18-16-22-8-1-3-10-24(22)20-26)28-12-5-6-13-29(28)33(34(30)31)27-19-17-23-9-2-4-11-25(23)21-27/h1-21,36-37H. The lowest BCUT2D eigenvalue weighted by Crippen LogP contribution is -2.30. The Labute approximate surface area is 215 Å². The summed E-state index contributed by atoms with van der Waals surface area (Å²) >= 11 is 0. The first-order chi connectivity index (χ1) is 18.2. The molecule has 0 heterocycles. The molecule has 0 unspecified atom stereocenters. The highest BCUT2D eigenvalue weighted by Gasteiger charge is 2.23. The second kappa shape index (κ2) is 8.60. The summed E-state index contributed by atoms with van der Waals surface area (Å²) < 4.78 is 0. The quantitative estimate of drug-likeness (QED) is 0.208. The zero-order valence-corrected chi connectivity index (χ0v) is 20.1. The molecule has 7 aromatic carbocycles. The minimum Gasteiger partial charge on any atom is -0.423 e. The summed E-state index contributed by atoms with van der Waals surface area (Å²) in [5.74, 6) is 0. The molecule has 0 radical (unpaired) electrons. The number of fused-ring (bicyclic) bond motifs is 4. The Bertz CT molecular complexity index is 1970. The zero-order valence-electron chi connectivity index (χ0n) is 20.1. The third-order valence-electron chi connectivity index (χ3n) is 7.44. The topological polar surface area (TPSA) is 40.5 Å². The highest BCUT2D eigenvalue weighted by molar-refractivity contribution is 6.63. The van der Waals surface area contributed by atoms with Gasteiger partial charge in [0, 0.05) is 0 Å². The molecule has 0 saturated carbocycles. The first-order valence-corrected chi connectivity index (χ1v) is 12.5. The van der Waals surface area contributed by atoms with Gasteiger partial charge >= 0.3 is 7.12 Å². The van der Waals surface area contributed by atoms with Crippen molar-refractivity contribution in [3.8, 4) is 22.3 Å². The molecule has 0 spiro atoms. The van der Waals surface area contributed by atoms with Gasteiger partial charge in [0.2, 0.25) is 0 Å². The van der Waals surface area contributed by atoms with Crippen LogP contribution in [0, 0.1) is 0 Å². The van der Waals surface area contributed by atoms with Gasteiger partial charge in [0.25, 0.3) is 0 Å². The molecule has 174 valence electrons.